The van der Waals surface area contributed by atoms with Crippen LogP contribution in [0.3, 0.4) is 0 Å². The largest absolute Gasteiger partial charge is 0.479 e. The molecule has 0 aromatic heterocycles. The van der Waals surface area contributed by atoms with Gasteiger partial charge >= 0.3 is 0 Å². The van der Waals surface area contributed by atoms with E-state index in [4.69, 9.17) is 16.3 Å². The minimum Gasteiger partial charge on any atom is -0.479 e. The van der Waals surface area contributed by atoms with Gasteiger partial charge in [-0.1, -0.05) is 44.0 Å². The fourth-order valence-electron chi connectivity index (χ4n) is 1.85. The predicted octanol–water partition coefficient (Wildman–Crippen LogP) is 3.13. The van der Waals surface area contributed by atoms with Gasteiger partial charge < -0.3 is 15.4 Å². The Balaban J connectivity index is 2.69. The summed E-state index contributed by atoms with van der Waals surface area (Å²) < 4.78 is 5.78. The first-order valence-corrected chi connectivity index (χ1v) is 7.90. The van der Waals surface area contributed by atoms with Gasteiger partial charge in [-0.2, -0.15) is 0 Å². The molecule has 0 fully saturated rings. The maximum absolute atomic E-state index is 12.0. The maximum Gasteiger partial charge on any atom is 0.260 e. The minimum absolute atomic E-state index is 0.113. The molecule has 1 rings (SSSR count). The number of benzene rings is 1. The van der Waals surface area contributed by atoms with Gasteiger partial charge in [-0.3, -0.25) is 4.79 Å². The molecule has 21 heavy (non-hydrogen) atoms. The van der Waals surface area contributed by atoms with Gasteiger partial charge in [-0.05, 0) is 26.0 Å². The van der Waals surface area contributed by atoms with Gasteiger partial charge in [-0.15, -0.1) is 0 Å². The molecule has 0 saturated heterocycles. The first-order valence-electron chi connectivity index (χ1n) is 7.52. The van der Waals surface area contributed by atoms with Crippen LogP contribution in [0.2, 0.25) is 5.02 Å². The summed E-state index contributed by atoms with van der Waals surface area (Å²) in [7, 11) is 0. The highest BCUT2D eigenvalue weighted by Crippen LogP contribution is 2.29. The molecule has 1 amide bonds. The Kier molecular flexibility index (Phi) is 8.16. The van der Waals surface area contributed by atoms with Crippen molar-refractivity contribution in [2.24, 2.45) is 0 Å². The van der Waals surface area contributed by atoms with E-state index in [9.17, 15) is 4.79 Å². The summed E-state index contributed by atoms with van der Waals surface area (Å²) in [4.78, 5) is 12.0. The van der Waals surface area contributed by atoms with E-state index in [1.165, 1.54) is 0 Å². The lowest BCUT2D eigenvalue weighted by Crippen LogP contribution is -2.37. The van der Waals surface area contributed by atoms with Crippen molar-refractivity contribution in [3.63, 3.8) is 0 Å². The van der Waals surface area contributed by atoms with Gasteiger partial charge in [0.05, 0.1) is 5.02 Å². The number of ether oxygens (including phenoxy) is 1. The van der Waals surface area contributed by atoms with Gasteiger partial charge in [-0.25, -0.2) is 0 Å². The predicted molar refractivity (Wildman–Crippen MR) is 86.8 cm³/mol. The molecule has 0 spiro atoms. The van der Waals surface area contributed by atoms with Gasteiger partial charge in [0.2, 0.25) is 0 Å². The van der Waals surface area contributed by atoms with Crippen LogP contribution in [0.1, 0.15) is 39.2 Å². The summed E-state index contributed by atoms with van der Waals surface area (Å²) in [6.45, 7) is 8.06. The van der Waals surface area contributed by atoms with Gasteiger partial charge in [0.25, 0.3) is 5.91 Å². The fraction of sp³-hybridized carbons (Fsp3) is 0.562. The molecule has 2 N–H and O–H groups in total. The number of carbonyl (C=O) groups excluding carboxylic acids is 1. The Morgan fingerprint density at radius 1 is 1.38 bits per heavy atom. The average molecular weight is 313 g/mol. The average Bonchev–Trinajstić information content (AvgIpc) is 2.47. The maximum atomic E-state index is 12.0. The summed E-state index contributed by atoms with van der Waals surface area (Å²) in [6.07, 6.45) is 1.45. The number of unbranched alkanes of at least 4 members (excludes halogenated alkanes) is 1. The molecular weight excluding hydrogens is 288 g/mol. The number of hydrogen-bond acceptors (Lipinski definition) is 3. The number of halogens is 1. The van der Waals surface area contributed by atoms with Crippen molar-refractivity contribution in [1.29, 1.82) is 0 Å². The van der Waals surface area contributed by atoms with Gasteiger partial charge in [0, 0.05) is 18.7 Å². The minimum atomic E-state index is -0.567. The highest BCUT2D eigenvalue weighted by Gasteiger charge is 2.17. The third kappa shape index (κ3) is 5.94. The second kappa shape index (κ2) is 9.64. The normalized spacial score (nSPS) is 12.0. The lowest BCUT2D eigenvalue weighted by molar-refractivity contribution is -0.127. The van der Waals surface area contributed by atoms with Crippen LogP contribution in [0, 0.1) is 0 Å². The monoisotopic (exact) mass is 312 g/mol. The zero-order valence-corrected chi connectivity index (χ0v) is 13.8. The number of carbonyl (C=O) groups is 1. The van der Waals surface area contributed by atoms with Crippen molar-refractivity contribution in [3.8, 4) is 5.75 Å². The van der Waals surface area contributed by atoms with E-state index in [2.05, 4.69) is 17.6 Å². The molecule has 0 aliphatic heterocycles. The number of amides is 1. The summed E-state index contributed by atoms with van der Waals surface area (Å²) >= 11 is 6.20. The molecule has 0 aliphatic rings. The molecular formula is C16H25ClN2O2. The zero-order valence-electron chi connectivity index (χ0n) is 13.0. The highest BCUT2D eigenvalue weighted by molar-refractivity contribution is 6.32. The molecule has 0 heterocycles. The van der Waals surface area contributed by atoms with Crippen LogP contribution in [0.25, 0.3) is 0 Å². The van der Waals surface area contributed by atoms with E-state index in [-0.39, 0.29) is 5.91 Å². The van der Waals surface area contributed by atoms with Crippen molar-refractivity contribution in [2.75, 3.05) is 13.1 Å². The highest BCUT2D eigenvalue weighted by atomic mass is 35.5. The smallest absolute Gasteiger partial charge is 0.260 e. The molecule has 1 aromatic rings. The number of nitrogens with one attached hydrogen (secondary N) is 2. The van der Waals surface area contributed by atoms with Crippen molar-refractivity contribution in [3.05, 3.63) is 28.8 Å². The third-order valence-electron chi connectivity index (χ3n) is 3.11. The third-order valence-corrected chi connectivity index (χ3v) is 3.41. The van der Waals surface area contributed by atoms with Crippen LogP contribution in [0.4, 0.5) is 0 Å². The van der Waals surface area contributed by atoms with Crippen molar-refractivity contribution < 1.29 is 9.53 Å². The summed E-state index contributed by atoms with van der Waals surface area (Å²) in [5.41, 5.74) is 0.956. The molecule has 0 saturated carbocycles. The second-order valence-corrected chi connectivity index (χ2v) is 5.32. The van der Waals surface area contributed by atoms with Crippen LogP contribution in [-0.2, 0) is 11.3 Å². The molecule has 1 aromatic carbocycles. The molecule has 118 valence electrons. The molecule has 0 aliphatic carbocycles. The van der Waals surface area contributed by atoms with E-state index < -0.39 is 6.10 Å². The van der Waals surface area contributed by atoms with E-state index in [0.29, 0.717) is 23.9 Å². The van der Waals surface area contributed by atoms with Crippen LogP contribution >= 0.6 is 11.6 Å². The van der Waals surface area contributed by atoms with E-state index >= 15 is 0 Å². The van der Waals surface area contributed by atoms with Crippen LogP contribution in [-0.4, -0.2) is 25.1 Å². The SMILES string of the molecule is CCCCNC(=O)C(C)Oc1c(Cl)cccc1CNCC. The van der Waals surface area contributed by atoms with Crippen LogP contribution in [0.15, 0.2) is 18.2 Å². The second-order valence-electron chi connectivity index (χ2n) is 4.91. The zero-order chi connectivity index (χ0) is 15.7. The van der Waals surface area contributed by atoms with E-state index in [1.54, 1.807) is 13.0 Å². The van der Waals surface area contributed by atoms with Gasteiger partial charge in [0.1, 0.15) is 5.75 Å². The van der Waals surface area contributed by atoms with Crippen molar-refractivity contribution in [1.82, 2.24) is 10.6 Å². The van der Waals surface area contributed by atoms with Gasteiger partial charge in [0.15, 0.2) is 6.10 Å². The number of para-hydroxylation sites is 1. The van der Waals surface area contributed by atoms with Crippen LogP contribution in [0.5, 0.6) is 5.75 Å². The molecule has 0 bridgehead atoms. The van der Waals surface area contributed by atoms with Crippen molar-refractivity contribution >= 4 is 17.5 Å². The molecule has 0 radical (unpaired) electrons. The first kappa shape index (κ1) is 17.8. The Bertz CT molecular complexity index is 452. The molecule has 4 nitrogen and oxygen atoms in total. The quantitative estimate of drug-likeness (QED) is 0.689. The van der Waals surface area contributed by atoms with E-state index in [1.807, 2.05) is 19.1 Å². The Hall–Kier alpha value is -1.26. The standard InChI is InChI=1S/C16H25ClN2O2/c1-4-6-10-19-16(20)12(3)21-15-13(11-18-5-2)8-7-9-14(15)17/h7-9,12,18H,4-6,10-11H2,1-3H3,(H,19,20). The summed E-state index contributed by atoms with van der Waals surface area (Å²) in [5, 5.41) is 6.63. The van der Waals surface area contributed by atoms with Crippen molar-refractivity contribution in [2.45, 2.75) is 46.3 Å². The van der Waals surface area contributed by atoms with E-state index in [0.717, 1.165) is 24.9 Å². The lowest BCUT2D eigenvalue weighted by atomic mass is 10.2. The Morgan fingerprint density at radius 2 is 2.14 bits per heavy atom. The summed E-state index contributed by atoms with van der Waals surface area (Å²) in [5.74, 6) is 0.469. The summed E-state index contributed by atoms with van der Waals surface area (Å²) in [6, 6.07) is 5.60. The molecule has 1 unspecified atom stereocenters. The van der Waals surface area contributed by atoms with Crippen LogP contribution < -0.4 is 15.4 Å². The topological polar surface area (TPSA) is 50.4 Å². The Labute approximate surface area is 132 Å². The molecule has 1 atom stereocenters. The molecule has 5 heteroatoms. The fourth-order valence-corrected chi connectivity index (χ4v) is 2.09. The first-order chi connectivity index (χ1) is 10.1. The number of hydrogen-bond donors (Lipinski definition) is 2. The Morgan fingerprint density at radius 3 is 2.81 bits per heavy atom. The lowest BCUT2D eigenvalue weighted by Gasteiger charge is -2.18. The number of rotatable bonds is 9.